The van der Waals surface area contributed by atoms with Gasteiger partial charge in [0.15, 0.2) is 0 Å². The fourth-order valence-corrected chi connectivity index (χ4v) is 4.37. The maximum atomic E-state index is 12.6. The van der Waals surface area contributed by atoms with Gasteiger partial charge in [0.1, 0.15) is 4.90 Å². The number of hydrogen-bond acceptors (Lipinski definition) is 4. The normalized spacial score (nSPS) is 16.2. The maximum Gasteiger partial charge on any atom is 0.319 e. The van der Waals surface area contributed by atoms with Gasteiger partial charge in [0.05, 0.1) is 0 Å². The lowest BCUT2D eigenvalue weighted by molar-refractivity contribution is 0.240. The van der Waals surface area contributed by atoms with E-state index in [4.69, 9.17) is 0 Å². The molecule has 0 atom stereocenters. The minimum atomic E-state index is -3.49. The van der Waals surface area contributed by atoms with Crippen molar-refractivity contribution in [1.82, 2.24) is 14.6 Å². The Balaban J connectivity index is 1.46. The van der Waals surface area contributed by atoms with Crippen LogP contribution in [-0.2, 0) is 10.0 Å². The van der Waals surface area contributed by atoms with Crippen molar-refractivity contribution in [2.75, 3.05) is 25.0 Å². The number of para-hydroxylation sites is 1. The fraction of sp³-hybridized carbons (Fsp3) is 0.333. The van der Waals surface area contributed by atoms with Crippen LogP contribution in [-0.4, -0.2) is 43.4 Å². The molecule has 0 unspecified atom stereocenters. The highest BCUT2D eigenvalue weighted by molar-refractivity contribution is 7.89. The van der Waals surface area contributed by atoms with E-state index in [1.54, 1.807) is 18.3 Å². The van der Waals surface area contributed by atoms with Crippen LogP contribution in [0, 0.1) is 5.92 Å². The second-order valence-corrected chi connectivity index (χ2v) is 8.18. The Hall–Kier alpha value is -2.45. The first-order chi connectivity index (χ1) is 12.6. The molecule has 8 heteroatoms. The van der Waals surface area contributed by atoms with Gasteiger partial charge in [-0.1, -0.05) is 18.2 Å². The van der Waals surface area contributed by atoms with Crippen molar-refractivity contribution in [3.63, 3.8) is 0 Å². The molecule has 2 amide bonds. The first kappa shape index (κ1) is 18.3. The van der Waals surface area contributed by atoms with Crippen LogP contribution in [0.15, 0.2) is 59.8 Å². The van der Waals surface area contributed by atoms with Gasteiger partial charge >= 0.3 is 6.03 Å². The lowest BCUT2D eigenvalue weighted by atomic mass is 9.98. The van der Waals surface area contributed by atoms with Crippen LogP contribution in [0.1, 0.15) is 12.8 Å². The number of benzene rings is 1. The molecule has 1 fully saturated rings. The number of amides is 2. The summed E-state index contributed by atoms with van der Waals surface area (Å²) in [7, 11) is -3.49. The highest BCUT2D eigenvalue weighted by atomic mass is 32.2. The number of piperidine rings is 1. The third kappa shape index (κ3) is 4.59. The van der Waals surface area contributed by atoms with Crippen molar-refractivity contribution in [3.05, 3.63) is 54.9 Å². The van der Waals surface area contributed by atoms with E-state index in [1.165, 1.54) is 10.5 Å². The molecule has 1 aromatic carbocycles. The molecule has 0 bridgehead atoms. The van der Waals surface area contributed by atoms with E-state index in [0.717, 1.165) is 5.69 Å². The summed E-state index contributed by atoms with van der Waals surface area (Å²) in [6.07, 6.45) is 4.35. The zero-order valence-corrected chi connectivity index (χ0v) is 15.2. The van der Waals surface area contributed by atoms with E-state index in [0.29, 0.717) is 32.5 Å². The molecule has 2 aromatic rings. The topological polar surface area (TPSA) is 91.4 Å². The van der Waals surface area contributed by atoms with E-state index in [1.807, 2.05) is 30.3 Å². The van der Waals surface area contributed by atoms with Gasteiger partial charge in [0.2, 0.25) is 10.0 Å². The number of sulfonamides is 1. The predicted octanol–water partition coefficient (Wildman–Crippen LogP) is 2.30. The van der Waals surface area contributed by atoms with Crippen LogP contribution in [0.5, 0.6) is 0 Å². The molecule has 0 spiro atoms. The van der Waals surface area contributed by atoms with Crippen LogP contribution in [0.4, 0.5) is 10.5 Å². The Bertz CT molecular complexity index is 820. The van der Waals surface area contributed by atoms with Crippen molar-refractivity contribution in [2.24, 2.45) is 5.92 Å². The molecular formula is C18H22N4O3S. The first-order valence-corrected chi connectivity index (χ1v) is 10.00. The Morgan fingerprint density at radius 1 is 1.12 bits per heavy atom. The van der Waals surface area contributed by atoms with Crippen molar-refractivity contribution in [1.29, 1.82) is 0 Å². The van der Waals surface area contributed by atoms with Gasteiger partial charge in [-0.15, -0.1) is 0 Å². The Kier molecular flexibility index (Phi) is 5.85. The Labute approximate surface area is 153 Å². The molecule has 1 aliphatic heterocycles. The van der Waals surface area contributed by atoms with Crippen molar-refractivity contribution in [3.8, 4) is 0 Å². The summed E-state index contributed by atoms with van der Waals surface area (Å²) in [6, 6.07) is 12.2. The lowest BCUT2D eigenvalue weighted by Crippen LogP contribution is -2.42. The first-order valence-electron chi connectivity index (χ1n) is 8.56. The van der Waals surface area contributed by atoms with E-state index < -0.39 is 10.0 Å². The molecule has 3 rings (SSSR count). The highest BCUT2D eigenvalue weighted by Crippen LogP contribution is 2.23. The molecule has 0 saturated carbocycles. The van der Waals surface area contributed by atoms with E-state index >= 15 is 0 Å². The number of nitrogens with zero attached hydrogens (tertiary/aromatic N) is 2. The van der Waals surface area contributed by atoms with Crippen molar-refractivity contribution in [2.45, 2.75) is 17.7 Å². The molecule has 26 heavy (non-hydrogen) atoms. The summed E-state index contributed by atoms with van der Waals surface area (Å²) in [4.78, 5) is 16.0. The van der Waals surface area contributed by atoms with Crippen molar-refractivity contribution >= 4 is 21.7 Å². The summed E-state index contributed by atoms with van der Waals surface area (Å²) in [6.45, 7) is 1.42. The van der Waals surface area contributed by atoms with Crippen LogP contribution in [0.3, 0.4) is 0 Å². The Morgan fingerprint density at radius 3 is 2.50 bits per heavy atom. The molecule has 1 saturated heterocycles. The number of nitrogens with one attached hydrogen (secondary N) is 2. The number of carbonyl (C=O) groups excluding carboxylic acids is 1. The van der Waals surface area contributed by atoms with Crippen LogP contribution in [0.25, 0.3) is 0 Å². The van der Waals surface area contributed by atoms with Gasteiger partial charge in [-0.3, -0.25) is 4.98 Å². The summed E-state index contributed by atoms with van der Waals surface area (Å²) in [5.74, 6) is 0.261. The van der Waals surface area contributed by atoms with Gasteiger partial charge in [-0.25, -0.2) is 13.2 Å². The van der Waals surface area contributed by atoms with Crippen LogP contribution in [0.2, 0.25) is 0 Å². The zero-order valence-electron chi connectivity index (χ0n) is 14.3. The predicted molar refractivity (Wildman–Crippen MR) is 99.2 cm³/mol. The molecular weight excluding hydrogens is 352 g/mol. The smallest absolute Gasteiger partial charge is 0.319 e. The quantitative estimate of drug-likeness (QED) is 0.840. The van der Waals surface area contributed by atoms with Crippen molar-refractivity contribution < 1.29 is 13.2 Å². The summed E-state index contributed by atoms with van der Waals surface area (Å²) < 4.78 is 26.6. The highest BCUT2D eigenvalue weighted by Gasteiger charge is 2.29. The van der Waals surface area contributed by atoms with Gasteiger partial charge in [0, 0.05) is 37.7 Å². The summed E-state index contributed by atoms with van der Waals surface area (Å²) in [5.41, 5.74) is 0.738. The monoisotopic (exact) mass is 374 g/mol. The lowest BCUT2D eigenvalue weighted by Gasteiger charge is -2.31. The second-order valence-electron chi connectivity index (χ2n) is 6.24. The molecule has 1 aromatic heterocycles. The van der Waals surface area contributed by atoms with E-state index in [-0.39, 0.29) is 16.8 Å². The molecule has 2 heterocycles. The number of urea groups is 1. The average molecular weight is 374 g/mol. The molecule has 0 radical (unpaired) electrons. The minimum Gasteiger partial charge on any atom is -0.338 e. The van der Waals surface area contributed by atoms with Gasteiger partial charge < -0.3 is 10.6 Å². The summed E-state index contributed by atoms with van der Waals surface area (Å²) >= 11 is 0. The molecule has 2 N–H and O–H groups in total. The number of pyridine rings is 1. The standard InChI is InChI=1S/C18H22N4O3S/c23-18(21-16-5-2-1-3-6-16)20-13-15-8-11-22(12-9-15)26(24,25)17-7-4-10-19-14-17/h1-7,10,14-15H,8-9,11-13H2,(H2,20,21,23). The number of carbonyl (C=O) groups is 1. The van der Waals surface area contributed by atoms with E-state index in [9.17, 15) is 13.2 Å². The SMILES string of the molecule is O=C(NCC1CCN(S(=O)(=O)c2cccnc2)CC1)Nc1ccccc1. The van der Waals surface area contributed by atoms with E-state index in [2.05, 4.69) is 15.6 Å². The number of hydrogen-bond donors (Lipinski definition) is 2. The Morgan fingerprint density at radius 2 is 1.85 bits per heavy atom. The van der Waals surface area contributed by atoms with Gasteiger partial charge in [0.25, 0.3) is 0 Å². The maximum absolute atomic E-state index is 12.6. The molecule has 1 aliphatic rings. The van der Waals surface area contributed by atoms with Gasteiger partial charge in [-0.2, -0.15) is 4.31 Å². The average Bonchev–Trinajstić information content (AvgIpc) is 2.68. The minimum absolute atomic E-state index is 0.221. The zero-order chi connectivity index (χ0) is 18.4. The van der Waals surface area contributed by atoms with Crippen LogP contribution >= 0.6 is 0 Å². The van der Waals surface area contributed by atoms with Crippen LogP contribution < -0.4 is 10.6 Å². The molecule has 138 valence electrons. The number of rotatable bonds is 5. The summed E-state index contributed by atoms with van der Waals surface area (Å²) in [5, 5.41) is 5.63. The molecule has 0 aliphatic carbocycles. The largest absolute Gasteiger partial charge is 0.338 e. The van der Waals surface area contributed by atoms with Gasteiger partial charge in [-0.05, 0) is 43.0 Å². The third-order valence-electron chi connectivity index (χ3n) is 4.43. The third-order valence-corrected chi connectivity index (χ3v) is 6.31. The number of aromatic nitrogens is 1. The second kappa shape index (κ2) is 8.29. The number of anilines is 1. The fourth-order valence-electron chi connectivity index (χ4n) is 2.94. The molecule has 7 nitrogen and oxygen atoms in total.